The summed E-state index contributed by atoms with van der Waals surface area (Å²) in [6.07, 6.45) is 1.47. The van der Waals surface area contributed by atoms with Crippen LogP contribution in [0.5, 0.6) is 5.75 Å². The standard InChI is InChI=1S/C14H21NO3S/c1-15-14(11-3-5-13(18-2)6-4-11)12-7-9-19(16,17)10-8-12/h3-6,12,14-15H,7-10H2,1-2H3. The highest BCUT2D eigenvalue weighted by atomic mass is 32.2. The van der Waals surface area contributed by atoms with Gasteiger partial charge in [0.2, 0.25) is 0 Å². The highest BCUT2D eigenvalue weighted by Crippen LogP contribution is 2.32. The van der Waals surface area contributed by atoms with E-state index in [0.29, 0.717) is 17.4 Å². The zero-order chi connectivity index (χ0) is 13.9. The Morgan fingerprint density at radius 3 is 2.26 bits per heavy atom. The first kappa shape index (κ1) is 14.3. The van der Waals surface area contributed by atoms with E-state index in [1.165, 1.54) is 5.56 Å². The van der Waals surface area contributed by atoms with E-state index < -0.39 is 9.84 Å². The summed E-state index contributed by atoms with van der Waals surface area (Å²) in [5.74, 6) is 1.84. The summed E-state index contributed by atoms with van der Waals surface area (Å²) < 4.78 is 28.1. The van der Waals surface area contributed by atoms with Gasteiger partial charge in [-0.05, 0) is 43.5 Å². The second-order valence-corrected chi connectivity index (χ2v) is 7.33. The van der Waals surface area contributed by atoms with Crippen LogP contribution in [0.3, 0.4) is 0 Å². The molecule has 19 heavy (non-hydrogen) atoms. The van der Waals surface area contributed by atoms with Gasteiger partial charge in [-0.25, -0.2) is 8.42 Å². The molecule has 1 fully saturated rings. The highest BCUT2D eigenvalue weighted by molar-refractivity contribution is 7.91. The predicted molar refractivity (Wildman–Crippen MR) is 76.2 cm³/mol. The van der Waals surface area contributed by atoms with Crippen LogP contribution in [0.2, 0.25) is 0 Å². The number of methoxy groups -OCH3 is 1. The number of rotatable bonds is 4. The number of benzene rings is 1. The summed E-state index contributed by atoms with van der Waals surface area (Å²) in [7, 11) is 0.780. The fourth-order valence-corrected chi connectivity index (χ4v) is 4.26. The van der Waals surface area contributed by atoms with Gasteiger partial charge in [0.25, 0.3) is 0 Å². The van der Waals surface area contributed by atoms with Crippen molar-refractivity contribution in [2.24, 2.45) is 5.92 Å². The molecule has 1 saturated heterocycles. The summed E-state index contributed by atoms with van der Waals surface area (Å²) in [5.41, 5.74) is 1.19. The number of hydrogen-bond donors (Lipinski definition) is 1. The normalized spacial score (nSPS) is 20.9. The fourth-order valence-electron chi connectivity index (χ4n) is 2.73. The van der Waals surface area contributed by atoms with Crippen molar-refractivity contribution in [1.82, 2.24) is 5.32 Å². The van der Waals surface area contributed by atoms with Crippen molar-refractivity contribution in [2.45, 2.75) is 18.9 Å². The molecule has 1 N–H and O–H groups in total. The maximum Gasteiger partial charge on any atom is 0.150 e. The minimum absolute atomic E-state index is 0.210. The molecule has 0 aromatic heterocycles. The second kappa shape index (κ2) is 5.92. The molecule has 0 saturated carbocycles. The van der Waals surface area contributed by atoms with E-state index in [1.54, 1.807) is 7.11 Å². The Bertz CT molecular complexity index is 496. The third-order valence-electron chi connectivity index (χ3n) is 3.86. The molecule has 1 aliphatic heterocycles. The van der Waals surface area contributed by atoms with Crippen molar-refractivity contribution >= 4 is 9.84 Å². The Kier molecular flexibility index (Phi) is 4.47. The average Bonchev–Trinajstić information content (AvgIpc) is 2.42. The van der Waals surface area contributed by atoms with Crippen LogP contribution in [0.1, 0.15) is 24.4 Å². The summed E-state index contributed by atoms with van der Waals surface area (Å²) in [4.78, 5) is 0. The van der Waals surface area contributed by atoms with Gasteiger partial charge in [0.1, 0.15) is 15.6 Å². The number of sulfone groups is 1. The van der Waals surface area contributed by atoms with E-state index >= 15 is 0 Å². The minimum atomic E-state index is -2.80. The van der Waals surface area contributed by atoms with Gasteiger partial charge in [0, 0.05) is 6.04 Å². The van der Waals surface area contributed by atoms with Gasteiger partial charge in [0.15, 0.2) is 0 Å². The molecule has 0 spiro atoms. The maximum atomic E-state index is 11.5. The van der Waals surface area contributed by atoms with E-state index in [-0.39, 0.29) is 6.04 Å². The van der Waals surface area contributed by atoms with Crippen LogP contribution in [-0.4, -0.2) is 34.1 Å². The Morgan fingerprint density at radius 1 is 1.21 bits per heavy atom. The molecule has 1 aliphatic rings. The quantitative estimate of drug-likeness (QED) is 0.915. The lowest BCUT2D eigenvalue weighted by molar-refractivity contribution is 0.350. The lowest BCUT2D eigenvalue weighted by Gasteiger charge is -2.30. The molecular formula is C14H21NO3S. The number of hydrogen-bond acceptors (Lipinski definition) is 4. The van der Waals surface area contributed by atoms with Gasteiger partial charge in [-0.1, -0.05) is 12.1 Å². The van der Waals surface area contributed by atoms with Crippen molar-refractivity contribution in [3.63, 3.8) is 0 Å². The van der Waals surface area contributed by atoms with Crippen LogP contribution < -0.4 is 10.1 Å². The Labute approximate surface area is 115 Å². The molecule has 0 bridgehead atoms. The molecular weight excluding hydrogens is 262 g/mol. The SMILES string of the molecule is CNC(c1ccc(OC)cc1)C1CCS(=O)(=O)CC1. The van der Waals surface area contributed by atoms with Gasteiger partial charge >= 0.3 is 0 Å². The molecule has 1 heterocycles. The van der Waals surface area contributed by atoms with Crippen LogP contribution in [0, 0.1) is 5.92 Å². The third kappa shape index (κ3) is 3.48. The largest absolute Gasteiger partial charge is 0.497 e. The molecule has 1 unspecified atom stereocenters. The molecule has 5 heteroatoms. The van der Waals surface area contributed by atoms with Crippen LogP contribution in [0.15, 0.2) is 24.3 Å². The summed E-state index contributed by atoms with van der Waals surface area (Å²) in [6.45, 7) is 0. The first-order chi connectivity index (χ1) is 9.05. The lowest BCUT2D eigenvalue weighted by atomic mass is 9.88. The lowest BCUT2D eigenvalue weighted by Crippen LogP contribution is -2.32. The predicted octanol–water partition coefficient (Wildman–Crippen LogP) is 1.78. The van der Waals surface area contributed by atoms with Crippen LogP contribution >= 0.6 is 0 Å². The molecule has 0 aliphatic carbocycles. The van der Waals surface area contributed by atoms with Gasteiger partial charge in [-0.15, -0.1) is 0 Å². The molecule has 1 aromatic carbocycles. The van der Waals surface area contributed by atoms with Crippen LogP contribution in [0.25, 0.3) is 0 Å². The number of ether oxygens (including phenoxy) is 1. The van der Waals surface area contributed by atoms with Gasteiger partial charge in [-0.2, -0.15) is 0 Å². The van der Waals surface area contributed by atoms with Crippen molar-refractivity contribution < 1.29 is 13.2 Å². The van der Waals surface area contributed by atoms with E-state index in [1.807, 2.05) is 31.3 Å². The molecule has 0 amide bonds. The van der Waals surface area contributed by atoms with Crippen LogP contribution in [-0.2, 0) is 9.84 Å². The van der Waals surface area contributed by atoms with Gasteiger partial charge in [0.05, 0.1) is 18.6 Å². The zero-order valence-electron chi connectivity index (χ0n) is 11.4. The molecule has 4 nitrogen and oxygen atoms in total. The summed E-state index contributed by atoms with van der Waals surface area (Å²) in [6, 6.07) is 8.19. The minimum Gasteiger partial charge on any atom is -0.497 e. The summed E-state index contributed by atoms with van der Waals surface area (Å²) in [5, 5.41) is 3.32. The molecule has 2 rings (SSSR count). The second-order valence-electron chi connectivity index (χ2n) is 5.03. The van der Waals surface area contributed by atoms with E-state index in [4.69, 9.17) is 4.74 Å². The van der Waals surface area contributed by atoms with E-state index in [9.17, 15) is 8.42 Å². The molecule has 1 aromatic rings. The zero-order valence-corrected chi connectivity index (χ0v) is 12.2. The fraction of sp³-hybridized carbons (Fsp3) is 0.571. The summed E-state index contributed by atoms with van der Waals surface area (Å²) >= 11 is 0. The number of nitrogens with one attached hydrogen (secondary N) is 1. The van der Waals surface area contributed by atoms with Crippen molar-refractivity contribution in [3.05, 3.63) is 29.8 Å². The Hall–Kier alpha value is -1.07. The smallest absolute Gasteiger partial charge is 0.150 e. The maximum absolute atomic E-state index is 11.5. The molecule has 1 atom stereocenters. The van der Waals surface area contributed by atoms with E-state index in [2.05, 4.69) is 5.32 Å². The third-order valence-corrected chi connectivity index (χ3v) is 5.57. The Morgan fingerprint density at radius 2 is 1.79 bits per heavy atom. The van der Waals surface area contributed by atoms with Gasteiger partial charge in [-0.3, -0.25) is 0 Å². The molecule has 106 valence electrons. The first-order valence-electron chi connectivity index (χ1n) is 6.57. The Balaban J connectivity index is 2.11. The average molecular weight is 283 g/mol. The monoisotopic (exact) mass is 283 g/mol. The topological polar surface area (TPSA) is 55.4 Å². The molecule has 0 radical (unpaired) electrons. The first-order valence-corrected chi connectivity index (χ1v) is 8.39. The van der Waals surface area contributed by atoms with Crippen molar-refractivity contribution in [3.8, 4) is 5.75 Å². The van der Waals surface area contributed by atoms with E-state index in [0.717, 1.165) is 18.6 Å². The van der Waals surface area contributed by atoms with Crippen LogP contribution in [0.4, 0.5) is 0 Å². The highest BCUT2D eigenvalue weighted by Gasteiger charge is 2.29. The van der Waals surface area contributed by atoms with Crippen molar-refractivity contribution in [2.75, 3.05) is 25.7 Å². The van der Waals surface area contributed by atoms with Gasteiger partial charge < -0.3 is 10.1 Å². The van der Waals surface area contributed by atoms with Crippen molar-refractivity contribution in [1.29, 1.82) is 0 Å².